The van der Waals surface area contributed by atoms with Crippen LogP contribution in [0.25, 0.3) is 16.5 Å². The highest BCUT2D eigenvalue weighted by atomic mass is 32.2. The van der Waals surface area contributed by atoms with Gasteiger partial charge in [0.1, 0.15) is 0 Å². The van der Waals surface area contributed by atoms with Gasteiger partial charge in [0, 0.05) is 24.2 Å². The summed E-state index contributed by atoms with van der Waals surface area (Å²) in [5.41, 5.74) is 0.685. The lowest BCUT2D eigenvalue weighted by Gasteiger charge is -2.26. The quantitative estimate of drug-likeness (QED) is 0.461. The molecule has 0 spiro atoms. The van der Waals surface area contributed by atoms with E-state index in [4.69, 9.17) is 4.74 Å². The molecule has 35 heavy (non-hydrogen) atoms. The number of para-hydroxylation sites is 1. The first-order valence-corrected chi connectivity index (χ1v) is 12.5. The Balaban J connectivity index is 1.46. The van der Waals surface area contributed by atoms with Gasteiger partial charge in [0.15, 0.2) is 5.69 Å². The van der Waals surface area contributed by atoms with Crippen LogP contribution in [0, 0.1) is 0 Å². The number of amides is 1. The van der Waals surface area contributed by atoms with E-state index in [1.807, 2.05) is 6.07 Å². The number of carbonyl (C=O) groups is 1. The maximum absolute atomic E-state index is 13.2. The fourth-order valence-corrected chi connectivity index (χ4v) is 5.35. The van der Waals surface area contributed by atoms with E-state index in [1.54, 1.807) is 48.5 Å². The number of hydrogen-bond acceptors (Lipinski definition) is 6. The second-order valence-corrected chi connectivity index (χ2v) is 9.88. The van der Waals surface area contributed by atoms with Crippen LogP contribution in [-0.2, 0) is 14.8 Å². The lowest BCUT2D eigenvalue weighted by molar-refractivity contribution is 0.0730. The van der Waals surface area contributed by atoms with Gasteiger partial charge in [0.2, 0.25) is 10.0 Å². The van der Waals surface area contributed by atoms with Crippen LogP contribution in [0.5, 0.6) is 0 Å². The van der Waals surface area contributed by atoms with E-state index in [0.29, 0.717) is 48.5 Å². The molecule has 0 radical (unpaired) electrons. The van der Waals surface area contributed by atoms with Gasteiger partial charge in [-0.1, -0.05) is 36.4 Å². The average Bonchev–Trinajstić information content (AvgIpc) is 2.90. The number of carbonyl (C=O) groups excluding carboxylic acids is 1. The van der Waals surface area contributed by atoms with Crippen molar-refractivity contribution in [3.05, 3.63) is 94.9 Å². The number of hydrogen-bond donors (Lipinski definition) is 1. The molecule has 4 aromatic rings. The summed E-state index contributed by atoms with van der Waals surface area (Å²) in [5.74, 6) is -0.519. The van der Waals surface area contributed by atoms with E-state index in [0.717, 1.165) is 0 Å². The lowest BCUT2D eigenvalue weighted by atomic mass is 10.1. The third kappa shape index (κ3) is 4.46. The summed E-state index contributed by atoms with van der Waals surface area (Å²) >= 11 is 0. The second kappa shape index (κ2) is 9.41. The fraction of sp³-hybridized carbons (Fsp3) is 0.160. The van der Waals surface area contributed by atoms with Crippen LogP contribution in [0.3, 0.4) is 0 Å². The number of benzene rings is 3. The molecular weight excluding hydrogens is 468 g/mol. The molecule has 0 atom stereocenters. The molecule has 0 bridgehead atoms. The molecule has 2 heterocycles. The van der Waals surface area contributed by atoms with Gasteiger partial charge in [-0.15, -0.1) is 0 Å². The monoisotopic (exact) mass is 490 g/mol. The lowest BCUT2D eigenvalue weighted by Crippen LogP contribution is -2.40. The number of aromatic nitrogens is 2. The van der Waals surface area contributed by atoms with Crippen LogP contribution in [0.1, 0.15) is 10.5 Å². The number of nitrogens with one attached hydrogen (secondary N) is 1. The van der Waals surface area contributed by atoms with E-state index in [1.165, 1.54) is 33.3 Å². The molecule has 5 rings (SSSR count). The zero-order chi connectivity index (χ0) is 24.4. The van der Waals surface area contributed by atoms with Gasteiger partial charge in [0.25, 0.3) is 11.5 Å². The molecule has 1 fully saturated rings. The summed E-state index contributed by atoms with van der Waals surface area (Å²) < 4.78 is 33.5. The zero-order valence-electron chi connectivity index (χ0n) is 18.6. The number of nitrogens with zero attached hydrogens (tertiary/aromatic N) is 3. The number of rotatable bonds is 5. The third-order valence-electron chi connectivity index (χ3n) is 5.74. The normalized spacial score (nSPS) is 14.6. The highest BCUT2D eigenvalue weighted by Gasteiger charge is 2.26. The van der Waals surface area contributed by atoms with Gasteiger partial charge in [-0.3, -0.25) is 9.59 Å². The Morgan fingerprint density at radius 1 is 0.857 bits per heavy atom. The Hall–Kier alpha value is -3.86. The predicted molar refractivity (Wildman–Crippen MR) is 131 cm³/mol. The number of ether oxygens (including phenoxy) is 1. The zero-order valence-corrected chi connectivity index (χ0v) is 19.4. The van der Waals surface area contributed by atoms with Gasteiger partial charge in [-0.2, -0.15) is 14.1 Å². The van der Waals surface area contributed by atoms with Crippen molar-refractivity contribution in [2.75, 3.05) is 31.6 Å². The molecule has 1 amide bonds. The van der Waals surface area contributed by atoms with Gasteiger partial charge < -0.3 is 10.1 Å². The van der Waals surface area contributed by atoms with E-state index < -0.39 is 15.9 Å². The minimum absolute atomic E-state index is 0.0778. The van der Waals surface area contributed by atoms with Crippen LogP contribution < -0.4 is 10.9 Å². The molecule has 1 aromatic heterocycles. The van der Waals surface area contributed by atoms with Crippen molar-refractivity contribution in [3.8, 4) is 5.69 Å². The fourth-order valence-electron chi connectivity index (χ4n) is 3.94. The van der Waals surface area contributed by atoms with Gasteiger partial charge in [0.05, 0.1) is 29.2 Å². The molecule has 1 saturated heterocycles. The first-order valence-electron chi connectivity index (χ1n) is 11.0. The minimum atomic E-state index is -3.64. The van der Waals surface area contributed by atoms with Crippen LogP contribution in [0.4, 0.5) is 5.69 Å². The highest BCUT2D eigenvalue weighted by Crippen LogP contribution is 2.21. The Kier molecular flexibility index (Phi) is 6.16. The van der Waals surface area contributed by atoms with Crippen LogP contribution in [-0.4, -0.2) is 54.7 Å². The third-order valence-corrected chi connectivity index (χ3v) is 7.65. The summed E-state index contributed by atoms with van der Waals surface area (Å²) in [5, 5.41) is 7.91. The summed E-state index contributed by atoms with van der Waals surface area (Å²) in [4.78, 5) is 26.4. The van der Waals surface area contributed by atoms with Gasteiger partial charge in [-0.25, -0.2) is 8.42 Å². The molecule has 178 valence electrons. The topological polar surface area (TPSA) is 111 Å². The molecule has 10 heteroatoms. The molecule has 0 unspecified atom stereocenters. The Bertz CT molecular complexity index is 1540. The van der Waals surface area contributed by atoms with Crippen molar-refractivity contribution >= 4 is 32.4 Å². The molecule has 9 nitrogen and oxygen atoms in total. The molecular formula is C25H22N4O5S. The first kappa shape index (κ1) is 22.9. The van der Waals surface area contributed by atoms with Crippen molar-refractivity contribution in [1.29, 1.82) is 0 Å². The van der Waals surface area contributed by atoms with Crippen molar-refractivity contribution in [1.82, 2.24) is 14.1 Å². The minimum Gasteiger partial charge on any atom is -0.379 e. The Morgan fingerprint density at radius 3 is 2.17 bits per heavy atom. The van der Waals surface area contributed by atoms with Crippen molar-refractivity contribution in [2.24, 2.45) is 0 Å². The SMILES string of the molecule is O=C(Nc1ccc(S(=O)(=O)N2CCOCC2)cc1)c1nn(-c2ccccc2)c(=O)c2ccccc12. The smallest absolute Gasteiger partial charge is 0.279 e. The van der Waals surface area contributed by atoms with E-state index in [2.05, 4.69) is 10.4 Å². The Labute approximate surface area is 201 Å². The van der Waals surface area contributed by atoms with Gasteiger partial charge in [-0.05, 0) is 42.5 Å². The highest BCUT2D eigenvalue weighted by molar-refractivity contribution is 7.89. The predicted octanol–water partition coefficient (Wildman–Crippen LogP) is 2.66. The Morgan fingerprint density at radius 2 is 1.49 bits per heavy atom. The van der Waals surface area contributed by atoms with Crippen LogP contribution >= 0.6 is 0 Å². The number of morpholine rings is 1. The maximum Gasteiger partial charge on any atom is 0.279 e. The largest absolute Gasteiger partial charge is 0.379 e. The standard InChI is InChI=1S/C25H22N4O5S/c30-24(26-18-10-12-20(13-11-18)35(32,33)28-14-16-34-17-15-28)23-21-8-4-5-9-22(21)25(31)29(27-23)19-6-2-1-3-7-19/h1-13H,14-17H2,(H,26,30). The van der Waals surface area contributed by atoms with Crippen LogP contribution in [0.2, 0.25) is 0 Å². The van der Waals surface area contributed by atoms with Crippen molar-refractivity contribution < 1.29 is 17.9 Å². The maximum atomic E-state index is 13.2. The van der Waals surface area contributed by atoms with Gasteiger partial charge >= 0.3 is 0 Å². The van der Waals surface area contributed by atoms with Crippen molar-refractivity contribution in [2.45, 2.75) is 4.90 Å². The molecule has 1 aliphatic rings. The summed E-state index contributed by atoms with van der Waals surface area (Å²) in [7, 11) is -3.64. The molecule has 0 saturated carbocycles. The van der Waals surface area contributed by atoms with E-state index in [-0.39, 0.29) is 16.1 Å². The second-order valence-electron chi connectivity index (χ2n) is 7.94. The van der Waals surface area contributed by atoms with Crippen molar-refractivity contribution in [3.63, 3.8) is 0 Å². The molecule has 3 aromatic carbocycles. The first-order chi connectivity index (χ1) is 16.9. The number of sulfonamides is 1. The molecule has 0 aliphatic carbocycles. The molecule has 1 N–H and O–H groups in total. The summed E-state index contributed by atoms with van der Waals surface area (Å²) in [6, 6.07) is 21.6. The number of anilines is 1. The van der Waals surface area contributed by atoms with E-state index in [9.17, 15) is 18.0 Å². The summed E-state index contributed by atoms with van der Waals surface area (Å²) in [6.45, 7) is 1.33. The summed E-state index contributed by atoms with van der Waals surface area (Å²) in [6.07, 6.45) is 0. The van der Waals surface area contributed by atoms with Crippen LogP contribution in [0.15, 0.2) is 88.6 Å². The number of fused-ring (bicyclic) bond motifs is 1. The molecule has 1 aliphatic heterocycles. The average molecular weight is 491 g/mol. The van der Waals surface area contributed by atoms with E-state index >= 15 is 0 Å².